The summed E-state index contributed by atoms with van der Waals surface area (Å²) in [4.78, 5) is 34.0. The summed E-state index contributed by atoms with van der Waals surface area (Å²) in [6.45, 7) is 18.1. The number of fused-ring (bicyclic) bond motifs is 1. The van der Waals surface area contributed by atoms with E-state index >= 15 is 0 Å². The van der Waals surface area contributed by atoms with Crippen molar-refractivity contribution in [2.45, 2.75) is 52.9 Å². The van der Waals surface area contributed by atoms with Gasteiger partial charge >= 0.3 is 11.8 Å². The van der Waals surface area contributed by atoms with E-state index in [0.717, 1.165) is 22.5 Å². The van der Waals surface area contributed by atoms with Gasteiger partial charge in [0.15, 0.2) is 6.72 Å². The molecule has 0 fully saturated rings. The maximum Gasteiger partial charge on any atom is 0.684 e. The smallest absolute Gasteiger partial charge is 0.457 e. The zero-order chi connectivity index (χ0) is 29.5. The fourth-order valence-corrected chi connectivity index (χ4v) is 4.53. The van der Waals surface area contributed by atoms with Crippen LogP contribution in [0.5, 0.6) is 11.5 Å². The van der Waals surface area contributed by atoms with Gasteiger partial charge in [-0.2, -0.15) is 14.6 Å². The van der Waals surface area contributed by atoms with E-state index in [4.69, 9.17) is 9.84 Å². The van der Waals surface area contributed by atoms with Gasteiger partial charge in [0.1, 0.15) is 24.0 Å². The fraction of sp³-hybridized carbons (Fsp3) is 0.258. The summed E-state index contributed by atoms with van der Waals surface area (Å²) in [5, 5.41) is 7.56. The van der Waals surface area contributed by atoms with Crippen LogP contribution >= 0.6 is 0 Å². The summed E-state index contributed by atoms with van der Waals surface area (Å²) in [7, 11) is 0. The number of anilines is 1. The topological polar surface area (TPSA) is 105 Å². The van der Waals surface area contributed by atoms with Gasteiger partial charge in [-0.3, -0.25) is 9.78 Å². The highest BCUT2D eigenvalue weighted by atomic mass is 16.5. The van der Waals surface area contributed by atoms with Crippen molar-refractivity contribution in [1.29, 1.82) is 0 Å². The van der Waals surface area contributed by atoms with Crippen molar-refractivity contribution in [2.24, 2.45) is 0 Å². The maximum absolute atomic E-state index is 13.7. The number of aryl methyl sites for hydroxylation is 2. The molecular formula is C31H33N7O3+2. The summed E-state index contributed by atoms with van der Waals surface area (Å²) in [6.07, 6.45) is 4.25. The van der Waals surface area contributed by atoms with E-state index in [9.17, 15) is 9.59 Å². The first kappa shape index (κ1) is 27.6. The molecule has 3 aromatic heterocycles. The number of pyridine rings is 2. The van der Waals surface area contributed by atoms with Crippen LogP contribution in [0.3, 0.4) is 0 Å². The number of urea groups is 1. The quantitative estimate of drug-likeness (QED) is 0.250. The van der Waals surface area contributed by atoms with Crippen molar-refractivity contribution in [3.05, 3.63) is 77.4 Å². The lowest BCUT2D eigenvalue weighted by molar-refractivity contribution is -0.479. The Morgan fingerprint density at radius 2 is 1.80 bits per heavy atom. The summed E-state index contributed by atoms with van der Waals surface area (Å²) < 4.78 is 10.4. The molecule has 0 aliphatic carbocycles. The fourth-order valence-electron chi connectivity index (χ4n) is 4.53. The van der Waals surface area contributed by atoms with E-state index in [-0.39, 0.29) is 11.3 Å². The van der Waals surface area contributed by atoms with Gasteiger partial charge in [-0.1, -0.05) is 29.9 Å². The second-order valence-corrected chi connectivity index (χ2v) is 11.1. The molecular weight excluding hydrogens is 518 g/mol. The van der Waals surface area contributed by atoms with Gasteiger partial charge in [0, 0.05) is 40.9 Å². The van der Waals surface area contributed by atoms with Crippen LogP contribution in [0.15, 0.2) is 54.9 Å². The van der Waals surface area contributed by atoms with Gasteiger partial charge in [0.25, 0.3) is 0 Å². The molecule has 1 aromatic carbocycles. The molecule has 41 heavy (non-hydrogen) atoms. The second kappa shape index (κ2) is 10.5. The van der Waals surface area contributed by atoms with Gasteiger partial charge in [-0.05, 0) is 50.6 Å². The molecule has 10 heteroatoms. The second-order valence-electron chi connectivity index (χ2n) is 11.1. The van der Waals surface area contributed by atoms with Gasteiger partial charge in [-0.15, -0.1) is 0 Å². The van der Waals surface area contributed by atoms with Crippen molar-refractivity contribution < 1.29 is 23.5 Å². The molecule has 4 heterocycles. The highest BCUT2D eigenvalue weighted by Crippen LogP contribution is 2.34. The Morgan fingerprint density at radius 3 is 2.49 bits per heavy atom. The van der Waals surface area contributed by atoms with Gasteiger partial charge < -0.3 is 10.1 Å². The number of rotatable bonds is 5. The molecule has 0 atom stereocenters. The number of hydrogen-bond donors (Lipinski definition) is 1. The number of ether oxygens (including phenoxy) is 1. The van der Waals surface area contributed by atoms with Gasteiger partial charge in [0.05, 0.1) is 23.6 Å². The first-order valence-electron chi connectivity index (χ1n) is 13.3. The number of benzene rings is 1. The molecule has 4 aromatic rings. The number of hydrogen-bond acceptors (Lipinski definition) is 6. The summed E-state index contributed by atoms with van der Waals surface area (Å²) in [6, 6.07) is 12.4. The van der Waals surface area contributed by atoms with Crippen LogP contribution in [0.25, 0.3) is 5.69 Å². The van der Waals surface area contributed by atoms with Crippen molar-refractivity contribution in [3.8, 4) is 17.2 Å². The van der Waals surface area contributed by atoms with E-state index < -0.39 is 6.03 Å². The van der Waals surface area contributed by atoms with Gasteiger partial charge in [0.2, 0.25) is 11.6 Å². The summed E-state index contributed by atoms with van der Waals surface area (Å²) >= 11 is 0. The van der Waals surface area contributed by atoms with Crippen LogP contribution in [-0.2, 0) is 16.6 Å². The van der Waals surface area contributed by atoms with E-state index in [2.05, 4.69) is 49.5 Å². The Bertz CT molecular complexity index is 1710. The molecule has 0 bridgehead atoms. The van der Waals surface area contributed by atoms with Crippen LogP contribution in [0.4, 0.5) is 22.1 Å². The van der Waals surface area contributed by atoms with Crippen molar-refractivity contribution in [1.82, 2.24) is 19.7 Å². The third-order valence-corrected chi connectivity index (χ3v) is 6.90. The molecule has 5 rings (SSSR count). The number of amides is 3. The first-order chi connectivity index (χ1) is 19.4. The van der Waals surface area contributed by atoms with Crippen LogP contribution in [-0.4, -0.2) is 54.3 Å². The highest BCUT2D eigenvalue weighted by molar-refractivity contribution is 5.93. The minimum atomic E-state index is -0.442. The first-order valence-corrected chi connectivity index (χ1v) is 13.3. The standard InChI is InChI=1S/C31H32N7O3/c1-19-16-22(41-25-14-15-32-29-23(25)11-13-27(39)34-29)10-12-24(19)36(6)30(40)37(7)28-17-26(31(3,4)5)35-38(28)21-9-8-20(2)33-18-21/h8-10,12,14-18H,6-7,11,13H2,1-5H3/q+1/p+1. The molecule has 0 spiro atoms. The lowest BCUT2D eigenvalue weighted by atomic mass is 9.92. The normalized spacial score (nSPS) is 12.9. The lowest BCUT2D eigenvalue weighted by Gasteiger charge is -2.18. The monoisotopic (exact) mass is 551 g/mol. The summed E-state index contributed by atoms with van der Waals surface area (Å²) in [5.41, 5.74) is 4.38. The highest BCUT2D eigenvalue weighted by Gasteiger charge is 2.37. The van der Waals surface area contributed by atoms with E-state index in [1.165, 1.54) is 9.15 Å². The Hall–Kier alpha value is -4.99. The van der Waals surface area contributed by atoms with E-state index in [0.29, 0.717) is 47.4 Å². The molecule has 0 radical (unpaired) electrons. The SMILES string of the molecule is C=[N+](C(=O)[N+](=C)c1cc(C(C)(C)C)nn1-c1ccc(C)nc1)c1ccc(Oc2ccnc3c2CCC(=O)N3)cc1C. The van der Waals surface area contributed by atoms with Crippen LogP contribution in [0.1, 0.15) is 49.7 Å². The average Bonchev–Trinajstić information content (AvgIpc) is 3.39. The number of nitrogens with zero attached hydrogens (tertiary/aromatic N) is 6. The Morgan fingerprint density at radius 1 is 1.02 bits per heavy atom. The van der Waals surface area contributed by atoms with Crippen molar-refractivity contribution in [3.63, 3.8) is 0 Å². The van der Waals surface area contributed by atoms with Gasteiger partial charge in [-0.25, -0.2) is 4.98 Å². The predicted molar refractivity (Wildman–Crippen MR) is 157 cm³/mol. The third kappa shape index (κ3) is 5.54. The Kier molecular flexibility index (Phi) is 7.08. The number of nitrogens with one attached hydrogen (secondary N) is 1. The number of carbonyl (C=O) groups is 2. The predicted octanol–water partition coefficient (Wildman–Crippen LogP) is 5.76. The van der Waals surface area contributed by atoms with Crippen LogP contribution < -0.4 is 10.1 Å². The Balaban J connectivity index is 1.41. The number of aromatic nitrogens is 4. The molecule has 1 N–H and O–H groups in total. The minimum absolute atomic E-state index is 0.0600. The average molecular weight is 552 g/mol. The van der Waals surface area contributed by atoms with Crippen molar-refractivity contribution >= 4 is 42.7 Å². The zero-order valence-electron chi connectivity index (χ0n) is 23.9. The number of carbonyl (C=O) groups excluding carboxylic acids is 2. The molecule has 0 saturated heterocycles. The van der Waals surface area contributed by atoms with E-state index in [1.807, 2.05) is 38.1 Å². The van der Waals surface area contributed by atoms with Crippen LogP contribution in [0.2, 0.25) is 0 Å². The molecule has 208 valence electrons. The minimum Gasteiger partial charge on any atom is -0.457 e. The van der Waals surface area contributed by atoms with Crippen LogP contribution in [0, 0.1) is 13.8 Å². The maximum atomic E-state index is 13.7. The van der Waals surface area contributed by atoms with E-state index in [1.54, 1.807) is 35.3 Å². The molecule has 1 aliphatic heterocycles. The largest absolute Gasteiger partial charge is 0.684 e. The third-order valence-electron chi connectivity index (χ3n) is 6.90. The molecule has 0 saturated carbocycles. The summed E-state index contributed by atoms with van der Waals surface area (Å²) in [5.74, 6) is 2.17. The Labute approximate surface area is 238 Å². The molecule has 1 aliphatic rings. The molecule has 0 unspecified atom stereocenters. The zero-order valence-corrected chi connectivity index (χ0v) is 23.9. The molecule has 10 nitrogen and oxygen atoms in total. The van der Waals surface area contributed by atoms with Crippen molar-refractivity contribution in [2.75, 3.05) is 5.32 Å². The lowest BCUT2D eigenvalue weighted by Crippen LogP contribution is -2.25. The molecule has 3 amide bonds.